The third kappa shape index (κ3) is 5.08. The minimum Gasteiger partial charge on any atom is -0.368 e. The van der Waals surface area contributed by atoms with E-state index in [0.717, 1.165) is 62.0 Å². The molecule has 0 saturated carbocycles. The molecule has 2 aliphatic rings. The number of thiophene rings is 1. The van der Waals surface area contributed by atoms with E-state index in [9.17, 15) is 4.79 Å². The van der Waals surface area contributed by atoms with Crippen molar-refractivity contribution in [2.75, 3.05) is 44.2 Å². The number of piperazine rings is 1. The molecule has 0 aliphatic carbocycles. The van der Waals surface area contributed by atoms with Crippen LogP contribution in [-0.4, -0.2) is 65.1 Å². The highest BCUT2D eigenvalue weighted by molar-refractivity contribution is 7.13. The Morgan fingerprint density at radius 2 is 1.94 bits per heavy atom. The summed E-state index contributed by atoms with van der Waals surface area (Å²) in [5.41, 5.74) is 2.39. The maximum Gasteiger partial charge on any atom is 0.241 e. The molecule has 7 nitrogen and oxygen atoms in total. The van der Waals surface area contributed by atoms with Crippen molar-refractivity contribution in [1.82, 2.24) is 19.9 Å². The SMILES string of the molecule is Cc1ccc(Cl)cc1N1CCN(C(=O)C2CCN(Cc3nc(-c4cccs4)no3)CC2)CC1. The van der Waals surface area contributed by atoms with Crippen LogP contribution in [0.3, 0.4) is 0 Å². The average molecular weight is 486 g/mol. The van der Waals surface area contributed by atoms with Gasteiger partial charge in [-0.2, -0.15) is 4.98 Å². The molecule has 0 N–H and O–H groups in total. The molecule has 0 atom stereocenters. The van der Waals surface area contributed by atoms with Crippen molar-refractivity contribution >= 4 is 34.5 Å². The number of rotatable bonds is 5. The molecular weight excluding hydrogens is 458 g/mol. The van der Waals surface area contributed by atoms with Gasteiger partial charge < -0.3 is 14.3 Å². The minimum atomic E-state index is 0.102. The van der Waals surface area contributed by atoms with Crippen molar-refractivity contribution < 1.29 is 9.32 Å². The monoisotopic (exact) mass is 485 g/mol. The Kier molecular flexibility index (Phi) is 6.66. The van der Waals surface area contributed by atoms with Crippen LogP contribution in [0, 0.1) is 12.8 Å². The molecule has 2 saturated heterocycles. The van der Waals surface area contributed by atoms with Gasteiger partial charge in [0, 0.05) is 42.8 Å². The van der Waals surface area contributed by atoms with Gasteiger partial charge in [0.1, 0.15) is 0 Å². The molecule has 0 bridgehead atoms. The topological polar surface area (TPSA) is 65.7 Å². The molecule has 2 aliphatic heterocycles. The number of benzene rings is 1. The minimum absolute atomic E-state index is 0.102. The number of anilines is 1. The summed E-state index contributed by atoms with van der Waals surface area (Å²) in [6.07, 6.45) is 1.75. The molecule has 4 heterocycles. The van der Waals surface area contributed by atoms with E-state index in [1.165, 1.54) is 11.3 Å². The molecular formula is C24H28ClN5O2S. The Balaban J connectivity index is 1.10. The number of piperidine rings is 1. The quantitative estimate of drug-likeness (QED) is 0.536. The van der Waals surface area contributed by atoms with Crippen LogP contribution < -0.4 is 4.90 Å². The van der Waals surface area contributed by atoms with E-state index in [1.807, 2.05) is 34.5 Å². The summed E-state index contributed by atoms with van der Waals surface area (Å²) < 4.78 is 5.44. The number of likely N-dealkylation sites (tertiary alicyclic amines) is 1. The standard InChI is InChI=1S/C24H28ClN5O2S/c1-17-4-5-19(25)15-20(17)29-10-12-30(13-11-29)24(31)18-6-8-28(9-7-18)16-22-26-23(27-32-22)21-3-2-14-33-21/h2-5,14-15,18H,6-13,16H2,1H3. The number of nitrogens with zero attached hydrogens (tertiary/aromatic N) is 5. The van der Waals surface area contributed by atoms with E-state index in [1.54, 1.807) is 11.3 Å². The fraction of sp³-hybridized carbons (Fsp3) is 0.458. The molecule has 2 fully saturated rings. The molecule has 174 valence electrons. The Hall–Kier alpha value is -2.42. The number of halogens is 1. The van der Waals surface area contributed by atoms with Gasteiger partial charge in [-0.15, -0.1) is 11.3 Å². The fourth-order valence-corrected chi connectivity index (χ4v) is 5.52. The van der Waals surface area contributed by atoms with E-state index >= 15 is 0 Å². The molecule has 1 aromatic carbocycles. The van der Waals surface area contributed by atoms with E-state index in [4.69, 9.17) is 16.1 Å². The predicted molar refractivity (Wildman–Crippen MR) is 131 cm³/mol. The van der Waals surface area contributed by atoms with Crippen LogP contribution in [0.2, 0.25) is 5.02 Å². The van der Waals surface area contributed by atoms with Gasteiger partial charge in [0.2, 0.25) is 17.6 Å². The molecule has 3 aromatic rings. The molecule has 5 rings (SSSR count). The van der Waals surface area contributed by atoms with Crippen LogP contribution >= 0.6 is 22.9 Å². The highest BCUT2D eigenvalue weighted by atomic mass is 35.5. The molecule has 2 aromatic heterocycles. The van der Waals surface area contributed by atoms with Gasteiger partial charge in [0.15, 0.2) is 0 Å². The number of carbonyl (C=O) groups excluding carboxylic acids is 1. The van der Waals surface area contributed by atoms with Gasteiger partial charge >= 0.3 is 0 Å². The van der Waals surface area contributed by atoms with Crippen molar-refractivity contribution in [3.63, 3.8) is 0 Å². The second-order valence-electron chi connectivity index (χ2n) is 8.78. The number of amides is 1. The number of hydrogen-bond acceptors (Lipinski definition) is 7. The Labute approximate surface area is 202 Å². The molecule has 9 heteroatoms. The Morgan fingerprint density at radius 3 is 2.67 bits per heavy atom. The van der Waals surface area contributed by atoms with Crippen LogP contribution in [0.15, 0.2) is 40.2 Å². The third-order valence-electron chi connectivity index (χ3n) is 6.61. The fourth-order valence-electron chi connectivity index (χ4n) is 4.70. The Bertz CT molecular complexity index is 1090. The van der Waals surface area contributed by atoms with E-state index in [-0.39, 0.29) is 5.92 Å². The predicted octanol–water partition coefficient (Wildman–Crippen LogP) is 4.32. The highest BCUT2D eigenvalue weighted by Gasteiger charge is 2.31. The molecule has 0 unspecified atom stereocenters. The van der Waals surface area contributed by atoms with Crippen molar-refractivity contribution in [3.05, 3.63) is 52.2 Å². The first-order valence-electron chi connectivity index (χ1n) is 11.5. The van der Waals surface area contributed by atoms with Gasteiger partial charge in [-0.25, -0.2) is 0 Å². The maximum absolute atomic E-state index is 13.1. The smallest absolute Gasteiger partial charge is 0.241 e. The molecule has 33 heavy (non-hydrogen) atoms. The third-order valence-corrected chi connectivity index (χ3v) is 7.71. The summed E-state index contributed by atoms with van der Waals surface area (Å²) in [5.74, 6) is 1.69. The first kappa shape index (κ1) is 22.4. The number of hydrogen-bond donors (Lipinski definition) is 0. The summed E-state index contributed by atoms with van der Waals surface area (Å²) in [4.78, 5) is 25.4. The normalized spacial score (nSPS) is 18.1. The lowest BCUT2D eigenvalue weighted by molar-refractivity contribution is -0.137. The summed E-state index contributed by atoms with van der Waals surface area (Å²) in [5, 5.41) is 6.85. The lowest BCUT2D eigenvalue weighted by Crippen LogP contribution is -2.51. The first-order chi connectivity index (χ1) is 16.1. The van der Waals surface area contributed by atoms with Crippen LogP contribution in [0.25, 0.3) is 10.7 Å². The summed E-state index contributed by atoms with van der Waals surface area (Å²) in [6.45, 7) is 7.69. The Morgan fingerprint density at radius 1 is 1.15 bits per heavy atom. The van der Waals surface area contributed by atoms with Crippen LogP contribution in [0.5, 0.6) is 0 Å². The second kappa shape index (κ2) is 9.83. The van der Waals surface area contributed by atoms with Gasteiger partial charge in [0.25, 0.3) is 0 Å². The van der Waals surface area contributed by atoms with Crippen LogP contribution in [0.4, 0.5) is 5.69 Å². The van der Waals surface area contributed by atoms with Gasteiger partial charge in [-0.3, -0.25) is 9.69 Å². The average Bonchev–Trinajstić information content (AvgIpc) is 3.53. The van der Waals surface area contributed by atoms with E-state index < -0.39 is 0 Å². The van der Waals surface area contributed by atoms with Gasteiger partial charge in [-0.05, 0) is 62.0 Å². The lowest BCUT2D eigenvalue weighted by Gasteiger charge is -2.39. The van der Waals surface area contributed by atoms with Crippen molar-refractivity contribution in [3.8, 4) is 10.7 Å². The maximum atomic E-state index is 13.1. The summed E-state index contributed by atoms with van der Waals surface area (Å²) in [7, 11) is 0. The second-order valence-corrected chi connectivity index (χ2v) is 10.2. The van der Waals surface area contributed by atoms with Crippen molar-refractivity contribution in [2.45, 2.75) is 26.3 Å². The molecule has 0 radical (unpaired) electrons. The van der Waals surface area contributed by atoms with Crippen molar-refractivity contribution in [1.29, 1.82) is 0 Å². The number of carbonyl (C=O) groups is 1. The highest BCUT2D eigenvalue weighted by Crippen LogP contribution is 2.27. The van der Waals surface area contributed by atoms with Crippen LogP contribution in [-0.2, 0) is 11.3 Å². The zero-order chi connectivity index (χ0) is 22.8. The van der Waals surface area contributed by atoms with Gasteiger partial charge in [-0.1, -0.05) is 28.9 Å². The summed E-state index contributed by atoms with van der Waals surface area (Å²) in [6, 6.07) is 9.98. The molecule has 1 amide bonds. The number of aryl methyl sites for hydroxylation is 1. The van der Waals surface area contributed by atoms with E-state index in [2.05, 4.69) is 32.9 Å². The molecule has 0 spiro atoms. The first-order valence-corrected chi connectivity index (χ1v) is 12.7. The largest absolute Gasteiger partial charge is 0.368 e. The van der Waals surface area contributed by atoms with Gasteiger partial charge in [0.05, 0.1) is 11.4 Å². The number of aromatic nitrogens is 2. The van der Waals surface area contributed by atoms with Crippen molar-refractivity contribution in [2.24, 2.45) is 5.92 Å². The zero-order valence-corrected chi connectivity index (χ0v) is 20.3. The lowest BCUT2D eigenvalue weighted by atomic mass is 9.95. The zero-order valence-electron chi connectivity index (χ0n) is 18.7. The van der Waals surface area contributed by atoms with E-state index in [0.29, 0.717) is 24.2 Å². The van der Waals surface area contributed by atoms with Crippen LogP contribution in [0.1, 0.15) is 24.3 Å². The summed E-state index contributed by atoms with van der Waals surface area (Å²) >= 11 is 7.80.